The minimum Gasteiger partial charge on any atom is -0.377 e. The Kier molecular flexibility index (Phi) is 4.68. The van der Waals surface area contributed by atoms with Gasteiger partial charge in [0, 0.05) is 25.2 Å². The maximum atomic E-state index is 6.18. The van der Waals surface area contributed by atoms with Crippen LogP contribution in [0.25, 0.3) is 0 Å². The second kappa shape index (κ2) is 5.89. The molecule has 0 radical (unpaired) electrons. The highest BCUT2D eigenvalue weighted by Gasteiger charge is 2.43. The molecule has 2 aliphatic rings. The highest BCUT2D eigenvalue weighted by Crippen LogP contribution is 2.40. The van der Waals surface area contributed by atoms with Gasteiger partial charge in [-0.15, -0.1) is 0 Å². The van der Waals surface area contributed by atoms with E-state index >= 15 is 0 Å². The van der Waals surface area contributed by atoms with E-state index in [2.05, 4.69) is 25.8 Å². The van der Waals surface area contributed by atoms with Crippen LogP contribution in [0.15, 0.2) is 0 Å². The molecule has 0 aromatic heterocycles. The Hall–Kier alpha value is -0.120. The number of ether oxygens (including phenoxy) is 1. The molecule has 4 atom stereocenters. The number of nitrogens with zero attached hydrogens (tertiary/aromatic N) is 1. The molecular weight excluding hydrogens is 224 g/mol. The Balaban J connectivity index is 2.04. The van der Waals surface area contributed by atoms with Crippen LogP contribution in [0.4, 0.5) is 0 Å². The predicted molar refractivity (Wildman–Crippen MR) is 75.6 cm³/mol. The summed E-state index contributed by atoms with van der Waals surface area (Å²) in [5, 5.41) is 0. The first kappa shape index (κ1) is 14.3. The minimum atomic E-state index is 0.198. The molecule has 0 bridgehead atoms. The van der Waals surface area contributed by atoms with Gasteiger partial charge in [-0.3, -0.25) is 4.90 Å². The first-order valence-electron chi connectivity index (χ1n) is 7.61. The van der Waals surface area contributed by atoms with Gasteiger partial charge in [-0.1, -0.05) is 20.3 Å². The van der Waals surface area contributed by atoms with Gasteiger partial charge < -0.3 is 10.5 Å². The molecule has 3 nitrogen and oxygen atoms in total. The molecule has 2 rings (SSSR count). The highest BCUT2D eigenvalue weighted by molar-refractivity contribution is 4.99. The van der Waals surface area contributed by atoms with Crippen molar-refractivity contribution in [1.82, 2.24) is 4.90 Å². The SMILES string of the molecule is CC1CCC(C)C(CN)(N(C)CC2CCCO2)C1. The van der Waals surface area contributed by atoms with Gasteiger partial charge in [-0.25, -0.2) is 0 Å². The molecule has 1 heterocycles. The van der Waals surface area contributed by atoms with Crippen LogP contribution in [0.1, 0.15) is 46.0 Å². The van der Waals surface area contributed by atoms with Crippen LogP contribution in [0, 0.1) is 11.8 Å². The van der Waals surface area contributed by atoms with E-state index in [-0.39, 0.29) is 5.54 Å². The summed E-state index contributed by atoms with van der Waals surface area (Å²) in [7, 11) is 2.25. The lowest BCUT2D eigenvalue weighted by molar-refractivity contribution is -0.0183. The Morgan fingerprint density at radius 1 is 1.28 bits per heavy atom. The van der Waals surface area contributed by atoms with E-state index < -0.39 is 0 Å². The molecule has 18 heavy (non-hydrogen) atoms. The van der Waals surface area contributed by atoms with Crippen molar-refractivity contribution in [2.45, 2.75) is 57.6 Å². The smallest absolute Gasteiger partial charge is 0.0702 e. The zero-order valence-electron chi connectivity index (χ0n) is 12.3. The zero-order chi connectivity index (χ0) is 13.2. The zero-order valence-corrected chi connectivity index (χ0v) is 12.3. The van der Waals surface area contributed by atoms with Crippen molar-refractivity contribution in [3.63, 3.8) is 0 Å². The molecule has 106 valence electrons. The van der Waals surface area contributed by atoms with Crippen molar-refractivity contribution >= 4 is 0 Å². The summed E-state index contributed by atoms with van der Waals surface area (Å²) >= 11 is 0. The molecule has 2 N–H and O–H groups in total. The Bertz CT molecular complexity index is 265. The quantitative estimate of drug-likeness (QED) is 0.836. The lowest BCUT2D eigenvalue weighted by atomic mass is 9.68. The fraction of sp³-hybridized carbons (Fsp3) is 1.00. The molecule has 1 aliphatic heterocycles. The van der Waals surface area contributed by atoms with Crippen molar-refractivity contribution in [3.05, 3.63) is 0 Å². The Morgan fingerprint density at radius 2 is 2.06 bits per heavy atom. The summed E-state index contributed by atoms with van der Waals surface area (Å²) in [6.45, 7) is 7.52. The molecule has 1 aliphatic carbocycles. The number of likely N-dealkylation sites (N-methyl/N-ethyl adjacent to an activating group) is 1. The monoisotopic (exact) mass is 254 g/mol. The molecule has 2 fully saturated rings. The molecule has 0 aromatic rings. The second-order valence-corrected chi connectivity index (χ2v) is 6.61. The van der Waals surface area contributed by atoms with Gasteiger partial charge in [0.25, 0.3) is 0 Å². The van der Waals surface area contributed by atoms with Crippen LogP contribution < -0.4 is 5.73 Å². The van der Waals surface area contributed by atoms with Crippen LogP contribution >= 0.6 is 0 Å². The fourth-order valence-electron chi connectivity index (χ4n) is 3.96. The van der Waals surface area contributed by atoms with E-state index in [1.807, 2.05) is 0 Å². The van der Waals surface area contributed by atoms with Crippen LogP contribution in [0.5, 0.6) is 0 Å². The average Bonchev–Trinajstić information content (AvgIpc) is 2.85. The standard InChI is InChI=1S/C15H30N2O/c1-12-6-7-13(2)15(9-12,11-16)17(3)10-14-5-4-8-18-14/h12-14H,4-11,16H2,1-3H3. The van der Waals surface area contributed by atoms with Crippen molar-refractivity contribution in [2.24, 2.45) is 17.6 Å². The summed E-state index contributed by atoms with van der Waals surface area (Å²) in [4.78, 5) is 2.52. The third kappa shape index (κ3) is 2.73. The maximum Gasteiger partial charge on any atom is 0.0702 e. The first-order chi connectivity index (χ1) is 8.58. The van der Waals surface area contributed by atoms with Gasteiger partial charge >= 0.3 is 0 Å². The molecule has 0 spiro atoms. The van der Waals surface area contributed by atoms with Gasteiger partial charge in [-0.05, 0) is 44.6 Å². The van der Waals surface area contributed by atoms with E-state index in [9.17, 15) is 0 Å². The number of hydrogen-bond acceptors (Lipinski definition) is 3. The number of nitrogens with two attached hydrogens (primary N) is 1. The normalized spacial score (nSPS) is 41.5. The van der Waals surface area contributed by atoms with Crippen molar-refractivity contribution in [2.75, 3.05) is 26.7 Å². The summed E-state index contributed by atoms with van der Waals surface area (Å²) < 4.78 is 5.78. The van der Waals surface area contributed by atoms with Crippen molar-refractivity contribution in [3.8, 4) is 0 Å². The molecule has 1 saturated carbocycles. The van der Waals surface area contributed by atoms with E-state index in [0.29, 0.717) is 12.0 Å². The summed E-state index contributed by atoms with van der Waals surface area (Å²) in [5.41, 5.74) is 6.38. The molecule has 3 heteroatoms. The van der Waals surface area contributed by atoms with Crippen molar-refractivity contribution in [1.29, 1.82) is 0 Å². The Labute approximate surface area is 112 Å². The number of hydrogen-bond donors (Lipinski definition) is 1. The summed E-state index contributed by atoms with van der Waals surface area (Å²) in [5.74, 6) is 1.50. The van der Waals surface area contributed by atoms with E-state index in [4.69, 9.17) is 10.5 Å². The average molecular weight is 254 g/mol. The van der Waals surface area contributed by atoms with Gasteiger partial charge in [0.05, 0.1) is 6.10 Å². The molecule has 1 saturated heterocycles. The maximum absolute atomic E-state index is 6.18. The van der Waals surface area contributed by atoms with E-state index in [0.717, 1.165) is 25.6 Å². The molecular formula is C15H30N2O. The predicted octanol–water partition coefficient (Wildman–Crippen LogP) is 2.25. The summed E-state index contributed by atoms with van der Waals surface area (Å²) in [6.07, 6.45) is 6.79. The lowest BCUT2D eigenvalue weighted by Gasteiger charge is -2.51. The Morgan fingerprint density at radius 3 is 2.67 bits per heavy atom. The van der Waals surface area contributed by atoms with Crippen LogP contribution in [0.2, 0.25) is 0 Å². The van der Waals surface area contributed by atoms with Gasteiger partial charge in [0.15, 0.2) is 0 Å². The molecule has 4 unspecified atom stereocenters. The van der Waals surface area contributed by atoms with E-state index in [1.165, 1.54) is 32.1 Å². The third-order valence-electron chi connectivity index (χ3n) is 5.33. The largest absolute Gasteiger partial charge is 0.377 e. The second-order valence-electron chi connectivity index (χ2n) is 6.61. The van der Waals surface area contributed by atoms with E-state index in [1.54, 1.807) is 0 Å². The van der Waals surface area contributed by atoms with Crippen LogP contribution in [0.3, 0.4) is 0 Å². The van der Waals surface area contributed by atoms with Crippen molar-refractivity contribution < 1.29 is 4.74 Å². The first-order valence-corrected chi connectivity index (χ1v) is 7.61. The van der Waals surface area contributed by atoms with Crippen LogP contribution in [-0.2, 0) is 4.74 Å². The molecule has 0 aromatic carbocycles. The van der Waals surface area contributed by atoms with Gasteiger partial charge in [0.2, 0.25) is 0 Å². The van der Waals surface area contributed by atoms with Gasteiger partial charge in [-0.2, -0.15) is 0 Å². The summed E-state index contributed by atoms with van der Waals surface area (Å²) in [6, 6.07) is 0. The third-order valence-corrected chi connectivity index (χ3v) is 5.33. The highest BCUT2D eigenvalue weighted by atomic mass is 16.5. The van der Waals surface area contributed by atoms with Gasteiger partial charge in [0.1, 0.15) is 0 Å². The number of rotatable bonds is 4. The fourth-order valence-corrected chi connectivity index (χ4v) is 3.96. The van der Waals surface area contributed by atoms with Crippen LogP contribution in [-0.4, -0.2) is 43.3 Å². The minimum absolute atomic E-state index is 0.198. The lowest BCUT2D eigenvalue weighted by Crippen LogP contribution is -2.60. The topological polar surface area (TPSA) is 38.5 Å². The molecule has 0 amide bonds.